The Hall–Kier alpha value is -0.540. The lowest BCUT2D eigenvalue weighted by molar-refractivity contribution is 0.0810. The van der Waals surface area contributed by atoms with E-state index in [1.165, 1.54) is 44.2 Å². The van der Waals surface area contributed by atoms with Gasteiger partial charge in [-0.25, -0.2) is 0 Å². The third-order valence-electron chi connectivity index (χ3n) is 3.94. The van der Waals surface area contributed by atoms with E-state index < -0.39 is 0 Å². The highest BCUT2D eigenvalue weighted by Gasteiger charge is 2.34. The molecule has 0 aromatic rings. The van der Waals surface area contributed by atoms with Crippen molar-refractivity contribution >= 4 is 0 Å². The van der Waals surface area contributed by atoms with Gasteiger partial charge in [0.1, 0.15) is 0 Å². The second-order valence-corrected chi connectivity index (χ2v) is 5.14. The fourth-order valence-corrected chi connectivity index (χ4v) is 3.20. The zero-order valence-corrected chi connectivity index (χ0v) is 11.2. The van der Waals surface area contributed by atoms with Crippen LogP contribution < -0.4 is 0 Å². The molecule has 17 heavy (non-hydrogen) atoms. The maximum Gasteiger partial charge on any atom is 0.0666 e. The molecule has 1 aliphatic heterocycles. The lowest BCUT2D eigenvalue weighted by Gasteiger charge is -2.35. The number of ether oxygens (including phenoxy) is 2. The number of hydrogen-bond acceptors (Lipinski definition) is 3. The summed E-state index contributed by atoms with van der Waals surface area (Å²) in [7, 11) is 3.61. The van der Waals surface area contributed by atoms with Crippen molar-refractivity contribution in [3.05, 3.63) is 11.8 Å². The summed E-state index contributed by atoms with van der Waals surface area (Å²) in [5, 5.41) is 0. The van der Waals surface area contributed by atoms with Crippen molar-refractivity contribution < 1.29 is 9.47 Å². The smallest absolute Gasteiger partial charge is 0.0666 e. The summed E-state index contributed by atoms with van der Waals surface area (Å²) in [4.78, 5) is 2.59. The predicted molar refractivity (Wildman–Crippen MR) is 69.0 cm³/mol. The number of allylic oxidation sites excluding steroid dienone is 2. The van der Waals surface area contributed by atoms with Crippen LogP contribution in [0, 0.1) is 0 Å². The quantitative estimate of drug-likeness (QED) is 0.736. The van der Waals surface area contributed by atoms with Crippen molar-refractivity contribution in [2.24, 2.45) is 0 Å². The largest absolute Gasteiger partial charge is 0.383 e. The molecule has 0 radical (unpaired) electrons. The van der Waals surface area contributed by atoms with Crippen LogP contribution in [-0.4, -0.2) is 44.4 Å². The summed E-state index contributed by atoms with van der Waals surface area (Å²) in [6.07, 6.45) is 10.1. The second-order valence-electron chi connectivity index (χ2n) is 5.14. The molecule has 0 spiro atoms. The van der Waals surface area contributed by atoms with Gasteiger partial charge < -0.3 is 14.4 Å². The Kier molecular flexibility index (Phi) is 4.86. The molecule has 98 valence electrons. The first-order chi connectivity index (χ1) is 8.36. The van der Waals surface area contributed by atoms with E-state index in [1.807, 2.05) is 0 Å². The summed E-state index contributed by atoms with van der Waals surface area (Å²) in [5.41, 5.74) is 1.54. The Morgan fingerprint density at radius 1 is 1.12 bits per heavy atom. The molecular weight excluding hydrogens is 214 g/mol. The lowest BCUT2D eigenvalue weighted by Crippen LogP contribution is -2.40. The number of likely N-dealkylation sites (tertiary alicyclic amines) is 1. The third kappa shape index (κ3) is 3.02. The number of hydrogen-bond donors (Lipinski definition) is 0. The van der Waals surface area contributed by atoms with Gasteiger partial charge in [0.05, 0.1) is 25.3 Å². The highest BCUT2D eigenvalue weighted by Crippen LogP contribution is 2.33. The van der Waals surface area contributed by atoms with Gasteiger partial charge in [0.15, 0.2) is 0 Å². The summed E-state index contributed by atoms with van der Waals surface area (Å²) < 4.78 is 10.7. The minimum atomic E-state index is 0.560. The molecule has 2 atom stereocenters. The normalized spacial score (nSPS) is 29.5. The highest BCUT2D eigenvalue weighted by molar-refractivity contribution is 5.10. The molecule has 1 saturated heterocycles. The van der Waals surface area contributed by atoms with Crippen molar-refractivity contribution in [2.75, 3.05) is 27.4 Å². The van der Waals surface area contributed by atoms with E-state index >= 15 is 0 Å². The minimum Gasteiger partial charge on any atom is -0.383 e. The Bertz CT molecular complexity index is 251. The van der Waals surface area contributed by atoms with Crippen LogP contribution in [0.3, 0.4) is 0 Å². The number of rotatable bonds is 5. The topological polar surface area (TPSA) is 21.7 Å². The van der Waals surface area contributed by atoms with E-state index in [0.29, 0.717) is 12.1 Å². The zero-order valence-electron chi connectivity index (χ0n) is 11.2. The molecule has 0 saturated carbocycles. The van der Waals surface area contributed by atoms with Gasteiger partial charge in [-0.05, 0) is 38.5 Å². The van der Waals surface area contributed by atoms with Crippen LogP contribution in [0.2, 0.25) is 0 Å². The molecule has 0 aromatic carbocycles. The lowest BCUT2D eigenvalue weighted by atomic mass is 10.0. The maximum atomic E-state index is 5.36. The summed E-state index contributed by atoms with van der Waals surface area (Å²) >= 11 is 0. The average molecular weight is 239 g/mol. The van der Waals surface area contributed by atoms with Crippen molar-refractivity contribution in [1.29, 1.82) is 0 Å². The Morgan fingerprint density at radius 3 is 2.24 bits per heavy atom. The molecule has 2 rings (SSSR count). The van der Waals surface area contributed by atoms with Gasteiger partial charge in [0.25, 0.3) is 0 Å². The van der Waals surface area contributed by atoms with E-state index in [0.717, 1.165) is 13.2 Å². The molecule has 3 heteroatoms. The van der Waals surface area contributed by atoms with Gasteiger partial charge in [-0.15, -0.1) is 0 Å². The standard InChI is InChI=1S/C14H25NO2/c1-16-10-13-8-9-14(11-17-2)15(13)12-6-4-3-5-7-12/h6,13-14H,3-5,7-11H2,1-2H3/t13-,14-/m1/s1. The first kappa shape index (κ1) is 12.9. The van der Waals surface area contributed by atoms with E-state index in [4.69, 9.17) is 9.47 Å². The molecular formula is C14H25NO2. The van der Waals surface area contributed by atoms with Crippen molar-refractivity contribution in [2.45, 2.75) is 50.6 Å². The minimum absolute atomic E-state index is 0.560. The monoisotopic (exact) mass is 239 g/mol. The Labute approximate surface area is 105 Å². The molecule has 0 aromatic heterocycles. The first-order valence-electron chi connectivity index (χ1n) is 6.82. The molecule has 3 nitrogen and oxygen atoms in total. The highest BCUT2D eigenvalue weighted by atomic mass is 16.5. The van der Waals surface area contributed by atoms with E-state index in [9.17, 15) is 0 Å². The van der Waals surface area contributed by atoms with Gasteiger partial charge in [-0.1, -0.05) is 6.08 Å². The van der Waals surface area contributed by atoms with Crippen molar-refractivity contribution in [3.63, 3.8) is 0 Å². The van der Waals surface area contributed by atoms with Crippen molar-refractivity contribution in [1.82, 2.24) is 4.90 Å². The zero-order chi connectivity index (χ0) is 12.1. The fourth-order valence-electron chi connectivity index (χ4n) is 3.20. The van der Waals surface area contributed by atoms with Crippen LogP contribution >= 0.6 is 0 Å². The molecule has 1 heterocycles. The SMILES string of the molecule is COC[C@H]1CC[C@H](COC)N1C1=CCCCC1. The summed E-state index contributed by atoms with van der Waals surface area (Å²) in [6, 6.07) is 1.12. The summed E-state index contributed by atoms with van der Waals surface area (Å²) in [5.74, 6) is 0. The van der Waals surface area contributed by atoms with Crippen LogP contribution in [0.15, 0.2) is 11.8 Å². The van der Waals surface area contributed by atoms with Crippen LogP contribution in [0.1, 0.15) is 38.5 Å². The molecule has 0 bridgehead atoms. The second kappa shape index (κ2) is 6.41. The van der Waals surface area contributed by atoms with Crippen LogP contribution in [0.25, 0.3) is 0 Å². The molecule has 0 amide bonds. The van der Waals surface area contributed by atoms with E-state index in [-0.39, 0.29) is 0 Å². The van der Waals surface area contributed by atoms with Gasteiger partial charge in [-0.3, -0.25) is 0 Å². The Balaban J connectivity index is 2.07. The van der Waals surface area contributed by atoms with Gasteiger partial charge >= 0.3 is 0 Å². The van der Waals surface area contributed by atoms with E-state index in [1.54, 1.807) is 14.2 Å². The molecule has 2 aliphatic rings. The van der Waals surface area contributed by atoms with Gasteiger partial charge in [0, 0.05) is 19.9 Å². The van der Waals surface area contributed by atoms with Gasteiger partial charge in [-0.2, -0.15) is 0 Å². The van der Waals surface area contributed by atoms with Crippen molar-refractivity contribution in [3.8, 4) is 0 Å². The third-order valence-corrected chi connectivity index (χ3v) is 3.94. The first-order valence-corrected chi connectivity index (χ1v) is 6.82. The fraction of sp³-hybridized carbons (Fsp3) is 0.857. The predicted octanol–water partition coefficient (Wildman–Crippen LogP) is 2.57. The maximum absolute atomic E-state index is 5.36. The average Bonchev–Trinajstić information content (AvgIpc) is 2.74. The van der Waals surface area contributed by atoms with Crippen LogP contribution in [0.4, 0.5) is 0 Å². The Morgan fingerprint density at radius 2 is 1.76 bits per heavy atom. The number of nitrogens with zero attached hydrogens (tertiary/aromatic N) is 1. The van der Waals surface area contributed by atoms with Crippen LogP contribution in [0.5, 0.6) is 0 Å². The van der Waals surface area contributed by atoms with Gasteiger partial charge in [0.2, 0.25) is 0 Å². The molecule has 1 aliphatic carbocycles. The molecule has 0 N–H and O–H groups in total. The van der Waals surface area contributed by atoms with E-state index in [2.05, 4.69) is 11.0 Å². The summed E-state index contributed by atoms with van der Waals surface area (Å²) in [6.45, 7) is 1.69. The molecule has 0 unspecified atom stereocenters. The van der Waals surface area contributed by atoms with Crippen LogP contribution in [-0.2, 0) is 9.47 Å². The number of methoxy groups -OCH3 is 2. The molecule has 1 fully saturated rings.